The molecule has 2 fully saturated rings. The van der Waals surface area contributed by atoms with Gasteiger partial charge in [0.05, 0.1) is 5.92 Å². The summed E-state index contributed by atoms with van der Waals surface area (Å²) < 4.78 is 5.49. The molecule has 4 rings (SSSR count). The second-order valence-electron chi connectivity index (χ2n) is 6.81. The zero-order valence-corrected chi connectivity index (χ0v) is 13.5. The normalized spacial score (nSPS) is 33.3. The highest BCUT2D eigenvalue weighted by Crippen LogP contribution is 2.61. The van der Waals surface area contributed by atoms with Crippen LogP contribution in [-0.2, 0) is 22.4 Å². The minimum Gasteiger partial charge on any atom is -0.481 e. The molecule has 6 heteroatoms. The van der Waals surface area contributed by atoms with Crippen molar-refractivity contribution < 1.29 is 19.4 Å². The van der Waals surface area contributed by atoms with E-state index in [-0.39, 0.29) is 24.2 Å². The van der Waals surface area contributed by atoms with Crippen LogP contribution in [0.1, 0.15) is 30.4 Å². The molecule has 0 spiro atoms. The van der Waals surface area contributed by atoms with Gasteiger partial charge in [0.2, 0.25) is 0 Å². The molecule has 0 bridgehead atoms. The summed E-state index contributed by atoms with van der Waals surface area (Å²) in [6.45, 7) is 0. The van der Waals surface area contributed by atoms with Crippen molar-refractivity contribution in [3.8, 4) is 5.75 Å². The molecule has 0 radical (unpaired) electrons. The van der Waals surface area contributed by atoms with E-state index in [0.29, 0.717) is 18.6 Å². The van der Waals surface area contributed by atoms with Crippen molar-refractivity contribution in [3.05, 3.63) is 29.3 Å². The van der Waals surface area contributed by atoms with Gasteiger partial charge in [-0.3, -0.25) is 4.79 Å². The number of carbonyl (C=O) groups excluding carboxylic acids is 1. The number of esters is 1. The number of fused-ring (bicyclic) bond motifs is 2. The van der Waals surface area contributed by atoms with E-state index in [1.54, 1.807) is 6.07 Å². The van der Waals surface area contributed by atoms with E-state index in [4.69, 9.17) is 15.6 Å². The van der Waals surface area contributed by atoms with Crippen LogP contribution >= 0.6 is 12.4 Å². The topological polar surface area (TPSA) is 89.6 Å². The quantitative estimate of drug-likeness (QED) is 0.650. The summed E-state index contributed by atoms with van der Waals surface area (Å²) in [6.07, 6.45) is 4.43. The molecule has 3 aliphatic rings. The lowest BCUT2D eigenvalue weighted by atomic mass is 9.91. The van der Waals surface area contributed by atoms with Crippen molar-refractivity contribution >= 4 is 24.3 Å². The number of hydrogen-bond donors (Lipinski definition) is 2. The molecule has 0 heterocycles. The highest BCUT2D eigenvalue weighted by Gasteiger charge is 2.70. The summed E-state index contributed by atoms with van der Waals surface area (Å²) in [5.41, 5.74) is 7.64. The Bertz CT molecular complexity index is 677. The van der Waals surface area contributed by atoms with Gasteiger partial charge >= 0.3 is 11.9 Å². The number of ether oxygens (including phenoxy) is 1. The van der Waals surface area contributed by atoms with E-state index in [1.165, 1.54) is 11.1 Å². The maximum absolute atomic E-state index is 12.5. The van der Waals surface area contributed by atoms with Gasteiger partial charge in [-0.2, -0.15) is 0 Å². The first-order valence-electron chi connectivity index (χ1n) is 7.86. The van der Waals surface area contributed by atoms with Crippen molar-refractivity contribution in [2.24, 2.45) is 23.5 Å². The van der Waals surface area contributed by atoms with Gasteiger partial charge in [-0.25, -0.2) is 4.79 Å². The summed E-state index contributed by atoms with van der Waals surface area (Å²) in [5, 5.41) is 9.16. The van der Waals surface area contributed by atoms with Gasteiger partial charge in [0.15, 0.2) is 0 Å². The number of benzene rings is 1. The van der Waals surface area contributed by atoms with Crippen LogP contribution in [0.4, 0.5) is 0 Å². The Balaban J connectivity index is 0.00000156. The molecule has 0 aliphatic heterocycles. The Kier molecular flexibility index (Phi) is 3.89. The molecule has 124 valence electrons. The predicted octanol–water partition coefficient (Wildman–Crippen LogP) is 1.94. The maximum atomic E-state index is 12.5. The summed E-state index contributed by atoms with van der Waals surface area (Å²) in [4.78, 5) is 23.7. The Morgan fingerprint density at radius 1 is 1.26 bits per heavy atom. The molecule has 0 amide bonds. The average molecular weight is 338 g/mol. The van der Waals surface area contributed by atoms with Crippen molar-refractivity contribution in [2.75, 3.05) is 0 Å². The molecule has 1 aromatic rings. The van der Waals surface area contributed by atoms with Crippen LogP contribution in [0, 0.1) is 17.8 Å². The third-order valence-electron chi connectivity index (χ3n) is 5.60. The third-order valence-corrected chi connectivity index (χ3v) is 5.60. The zero-order chi connectivity index (χ0) is 15.5. The summed E-state index contributed by atoms with van der Waals surface area (Å²) in [7, 11) is 0. The highest BCUT2D eigenvalue weighted by molar-refractivity contribution is 5.87. The lowest BCUT2D eigenvalue weighted by molar-refractivity contribution is -0.143. The molecular weight excluding hydrogens is 318 g/mol. The van der Waals surface area contributed by atoms with Gasteiger partial charge in [0, 0.05) is 5.92 Å². The Labute approximate surface area is 140 Å². The molecule has 23 heavy (non-hydrogen) atoms. The average Bonchev–Trinajstić information content (AvgIpc) is 2.87. The molecular formula is C17H20ClNO4. The van der Waals surface area contributed by atoms with Crippen molar-refractivity contribution in [3.63, 3.8) is 0 Å². The first-order valence-corrected chi connectivity index (χ1v) is 7.86. The first-order chi connectivity index (χ1) is 10.5. The standard InChI is InChI=1S/C17H19NO4.ClH/c18-17(7-6-12-13(14(12)17)15(19)20)16(21)22-11-5-4-9-2-1-3-10(9)8-11;/h4-5,8,12-14H,1-3,6-7,18H2,(H,19,20);1H/t12-,13-,14-,17-;/m0./s1. The molecule has 2 saturated carbocycles. The second-order valence-corrected chi connectivity index (χ2v) is 6.81. The van der Waals surface area contributed by atoms with Crippen LogP contribution in [0.25, 0.3) is 0 Å². The van der Waals surface area contributed by atoms with E-state index in [9.17, 15) is 9.59 Å². The van der Waals surface area contributed by atoms with Crippen LogP contribution in [-0.4, -0.2) is 22.6 Å². The number of aliphatic carboxylic acids is 1. The van der Waals surface area contributed by atoms with Crippen molar-refractivity contribution in [1.29, 1.82) is 0 Å². The third kappa shape index (κ3) is 2.42. The van der Waals surface area contributed by atoms with Gasteiger partial charge in [-0.1, -0.05) is 6.07 Å². The lowest BCUT2D eigenvalue weighted by Gasteiger charge is -2.24. The van der Waals surface area contributed by atoms with Crippen LogP contribution < -0.4 is 10.5 Å². The van der Waals surface area contributed by atoms with E-state index in [1.807, 2.05) is 12.1 Å². The van der Waals surface area contributed by atoms with Crippen LogP contribution in [0.15, 0.2) is 18.2 Å². The first kappa shape index (κ1) is 16.3. The van der Waals surface area contributed by atoms with Gasteiger partial charge in [-0.15, -0.1) is 12.4 Å². The van der Waals surface area contributed by atoms with Gasteiger partial charge in [0.1, 0.15) is 11.3 Å². The number of hydrogen-bond acceptors (Lipinski definition) is 4. The van der Waals surface area contributed by atoms with Crippen LogP contribution in [0.5, 0.6) is 5.75 Å². The molecule has 0 unspecified atom stereocenters. The maximum Gasteiger partial charge on any atom is 0.331 e. The minimum absolute atomic E-state index is 0. The van der Waals surface area contributed by atoms with Crippen molar-refractivity contribution in [2.45, 2.75) is 37.6 Å². The number of aryl methyl sites for hydroxylation is 2. The van der Waals surface area contributed by atoms with Gasteiger partial charge < -0.3 is 15.6 Å². The minimum atomic E-state index is -1.15. The number of carbonyl (C=O) groups is 2. The molecule has 0 aromatic heterocycles. The fraction of sp³-hybridized carbons (Fsp3) is 0.529. The van der Waals surface area contributed by atoms with Gasteiger partial charge in [-0.05, 0) is 61.3 Å². The predicted molar refractivity (Wildman–Crippen MR) is 85.6 cm³/mol. The Morgan fingerprint density at radius 3 is 2.70 bits per heavy atom. The molecule has 5 nitrogen and oxygen atoms in total. The second kappa shape index (κ2) is 5.49. The van der Waals surface area contributed by atoms with Crippen LogP contribution in [0.3, 0.4) is 0 Å². The number of halogens is 1. The molecule has 4 atom stereocenters. The molecule has 1 aromatic carbocycles. The molecule has 0 saturated heterocycles. The van der Waals surface area contributed by atoms with E-state index in [0.717, 1.165) is 19.3 Å². The number of rotatable bonds is 3. The number of carboxylic acid groups (broad SMARTS) is 1. The smallest absolute Gasteiger partial charge is 0.331 e. The Hall–Kier alpha value is -1.59. The Morgan fingerprint density at radius 2 is 2.00 bits per heavy atom. The SMILES string of the molecule is Cl.N[C@@]1(C(=O)Oc2ccc3c(c2)CCC3)CC[C@H]2[C@H](C(=O)O)[C@H]21. The number of nitrogens with two attached hydrogens (primary N) is 1. The monoisotopic (exact) mass is 337 g/mol. The summed E-state index contributed by atoms with van der Waals surface area (Å²) in [5.74, 6) is -1.53. The largest absolute Gasteiger partial charge is 0.481 e. The number of carboxylic acids is 1. The van der Waals surface area contributed by atoms with E-state index in [2.05, 4.69) is 0 Å². The zero-order valence-electron chi connectivity index (χ0n) is 12.7. The lowest BCUT2D eigenvalue weighted by Crippen LogP contribution is -2.51. The molecule has 3 aliphatic carbocycles. The summed E-state index contributed by atoms with van der Waals surface area (Å²) in [6, 6.07) is 5.72. The van der Waals surface area contributed by atoms with Crippen LogP contribution in [0.2, 0.25) is 0 Å². The summed E-state index contributed by atoms with van der Waals surface area (Å²) >= 11 is 0. The fourth-order valence-electron chi connectivity index (χ4n) is 4.40. The van der Waals surface area contributed by atoms with Crippen molar-refractivity contribution in [1.82, 2.24) is 0 Å². The van der Waals surface area contributed by atoms with Gasteiger partial charge in [0.25, 0.3) is 0 Å². The fourth-order valence-corrected chi connectivity index (χ4v) is 4.40. The van der Waals surface area contributed by atoms with E-state index < -0.39 is 23.4 Å². The highest BCUT2D eigenvalue weighted by atomic mass is 35.5. The molecule has 3 N–H and O–H groups in total. The van der Waals surface area contributed by atoms with E-state index >= 15 is 0 Å².